The van der Waals surface area contributed by atoms with Crippen molar-refractivity contribution in [2.75, 3.05) is 6.61 Å². The van der Waals surface area contributed by atoms with Crippen LogP contribution in [0.4, 0.5) is 0 Å². The molecule has 0 spiro atoms. The van der Waals surface area contributed by atoms with Gasteiger partial charge in [0.2, 0.25) is 0 Å². The summed E-state index contributed by atoms with van der Waals surface area (Å²) < 4.78 is 4.76. The number of nitro groups is 1. The summed E-state index contributed by atoms with van der Waals surface area (Å²) in [5, 5.41) is 11.0. The number of benzene rings is 1. The van der Waals surface area contributed by atoms with Crippen molar-refractivity contribution in [3.8, 4) is 0 Å². The van der Waals surface area contributed by atoms with Gasteiger partial charge in [-0.1, -0.05) is 30.3 Å². The molecule has 0 amide bonds. The molecule has 0 bridgehead atoms. The van der Waals surface area contributed by atoms with E-state index in [0.29, 0.717) is 0 Å². The zero-order valence-electron chi connectivity index (χ0n) is 9.88. The first-order valence-electron chi connectivity index (χ1n) is 5.36. The van der Waals surface area contributed by atoms with Crippen molar-refractivity contribution in [1.29, 1.82) is 0 Å². The van der Waals surface area contributed by atoms with Gasteiger partial charge in [-0.2, -0.15) is 0 Å². The number of esters is 1. The summed E-state index contributed by atoms with van der Waals surface area (Å²) in [4.78, 5) is 22.1. The molecule has 0 N–H and O–H groups in total. The Morgan fingerprint density at radius 1 is 1.41 bits per heavy atom. The number of rotatable bonds is 5. The highest BCUT2D eigenvalue weighted by molar-refractivity contribution is 5.79. The summed E-state index contributed by atoms with van der Waals surface area (Å²) in [7, 11) is 0. The van der Waals surface area contributed by atoms with Crippen molar-refractivity contribution in [3.05, 3.63) is 46.0 Å². The largest absolute Gasteiger partial charge is 0.461 e. The monoisotopic (exact) mass is 237 g/mol. The van der Waals surface area contributed by atoms with Crippen LogP contribution in [0.5, 0.6) is 0 Å². The zero-order chi connectivity index (χ0) is 12.9. The predicted molar refractivity (Wildman–Crippen MR) is 62.2 cm³/mol. The van der Waals surface area contributed by atoms with Crippen LogP contribution in [-0.4, -0.2) is 23.0 Å². The van der Waals surface area contributed by atoms with E-state index < -0.39 is 16.4 Å². The Morgan fingerprint density at radius 3 is 2.47 bits per heavy atom. The van der Waals surface area contributed by atoms with Gasteiger partial charge >= 0.3 is 11.5 Å². The second-order valence-electron chi connectivity index (χ2n) is 3.91. The Hall–Kier alpha value is -1.91. The second-order valence-corrected chi connectivity index (χ2v) is 3.91. The van der Waals surface area contributed by atoms with Crippen LogP contribution in [0.15, 0.2) is 30.3 Å². The molecule has 92 valence electrons. The summed E-state index contributed by atoms with van der Waals surface area (Å²) in [5.41, 5.74) is -0.989. The van der Waals surface area contributed by atoms with Crippen LogP contribution in [0.25, 0.3) is 0 Å². The Morgan fingerprint density at radius 2 is 2.00 bits per heavy atom. The van der Waals surface area contributed by atoms with Gasteiger partial charge in [0.1, 0.15) is 0 Å². The minimum Gasteiger partial charge on any atom is -0.461 e. The quantitative estimate of drug-likeness (QED) is 0.445. The van der Waals surface area contributed by atoms with Crippen LogP contribution in [0.1, 0.15) is 19.4 Å². The standard InChI is InChI=1S/C12H15NO4/c1-3-17-11(14)12(2,13(15)16)9-10-7-5-4-6-8-10/h4-8H,3,9H2,1-2H3. The highest BCUT2D eigenvalue weighted by Crippen LogP contribution is 2.18. The van der Waals surface area contributed by atoms with Gasteiger partial charge in [0.15, 0.2) is 0 Å². The lowest BCUT2D eigenvalue weighted by Gasteiger charge is -2.18. The van der Waals surface area contributed by atoms with Gasteiger partial charge in [-0.05, 0) is 12.5 Å². The molecule has 0 saturated carbocycles. The van der Waals surface area contributed by atoms with Crippen LogP contribution in [-0.2, 0) is 16.0 Å². The summed E-state index contributed by atoms with van der Waals surface area (Å²) in [5.74, 6) is -0.797. The highest BCUT2D eigenvalue weighted by atomic mass is 16.6. The van der Waals surface area contributed by atoms with E-state index in [9.17, 15) is 14.9 Å². The molecule has 1 aromatic rings. The number of carbonyl (C=O) groups is 1. The number of ether oxygens (including phenoxy) is 1. The SMILES string of the molecule is CCOC(=O)C(C)(Cc1ccccc1)[N+](=O)[O-]. The molecule has 0 aliphatic carbocycles. The second kappa shape index (κ2) is 5.43. The first-order chi connectivity index (χ1) is 8.00. The van der Waals surface area contributed by atoms with Gasteiger partial charge in [-0.25, -0.2) is 4.79 Å². The fraction of sp³-hybridized carbons (Fsp3) is 0.417. The third kappa shape index (κ3) is 3.03. The van der Waals surface area contributed by atoms with Crippen LogP contribution in [0.3, 0.4) is 0 Å². The topological polar surface area (TPSA) is 69.4 Å². The van der Waals surface area contributed by atoms with E-state index in [1.165, 1.54) is 6.92 Å². The molecule has 0 saturated heterocycles. The Bertz CT molecular complexity index is 404. The van der Waals surface area contributed by atoms with Crippen LogP contribution < -0.4 is 0 Å². The first kappa shape index (κ1) is 13.2. The molecule has 5 heteroatoms. The molecular formula is C12H15NO4. The van der Waals surface area contributed by atoms with Gasteiger partial charge in [-0.3, -0.25) is 10.1 Å². The van der Waals surface area contributed by atoms with Crippen molar-refractivity contribution in [1.82, 2.24) is 0 Å². The molecule has 17 heavy (non-hydrogen) atoms. The molecular weight excluding hydrogens is 222 g/mol. The van der Waals surface area contributed by atoms with Crippen molar-refractivity contribution in [2.24, 2.45) is 0 Å². The lowest BCUT2D eigenvalue weighted by molar-refractivity contribution is -0.550. The molecule has 5 nitrogen and oxygen atoms in total. The Labute approximate surface area is 99.5 Å². The molecule has 0 aliphatic rings. The number of hydrogen-bond donors (Lipinski definition) is 0. The average Bonchev–Trinajstić information content (AvgIpc) is 2.30. The summed E-state index contributed by atoms with van der Waals surface area (Å²) in [6, 6.07) is 8.88. The number of nitrogens with zero attached hydrogens (tertiary/aromatic N) is 1. The van der Waals surface area contributed by atoms with E-state index in [1.807, 2.05) is 6.07 Å². The lowest BCUT2D eigenvalue weighted by atomic mass is 9.93. The minimum absolute atomic E-state index is 0.0275. The van der Waals surface area contributed by atoms with Crippen LogP contribution >= 0.6 is 0 Å². The fourth-order valence-corrected chi connectivity index (χ4v) is 1.49. The maximum atomic E-state index is 11.6. The predicted octanol–water partition coefficient (Wildman–Crippen LogP) is 1.83. The number of carbonyl (C=O) groups excluding carboxylic acids is 1. The van der Waals surface area contributed by atoms with E-state index in [-0.39, 0.29) is 13.0 Å². The van der Waals surface area contributed by atoms with Crippen molar-refractivity contribution >= 4 is 5.97 Å². The molecule has 0 aliphatic heterocycles. The van der Waals surface area contributed by atoms with Gasteiger partial charge in [0.05, 0.1) is 13.0 Å². The molecule has 1 atom stereocenters. The third-order valence-electron chi connectivity index (χ3n) is 2.51. The number of hydrogen-bond acceptors (Lipinski definition) is 4. The summed E-state index contributed by atoms with van der Waals surface area (Å²) >= 11 is 0. The molecule has 1 unspecified atom stereocenters. The fourth-order valence-electron chi connectivity index (χ4n) is 1.49. The van der Waals surface area contributed by atoms with Gasteiger partial charge in [0, 0.05) is 11.8 Å². The summed E-state index contributed by atoms with van der Waals surface area (Å²) in [6.07, 6.45) is 0.0275. The molecule has 1 rings (SSSR count). The molecule has 0 heterocycles. The molecule has 0 radical (unpaired) electrons. The van der Waals surface area contributed by atoms with E-state index >= 15 is 0 Å². The lowest BCUT2D eigenvalue weighted by Crippen LogP contribution is -2.46. The minimum atomic E-state index is -1.72. The maximum Gasteiger partial charge on any atom is 0.384 e. The zero-order valence-corrected chi connectivity index (χ0v) is 9.88. The van der Waals surface area contributed by atoms with Gasteiger partial charge in [0.25, 0.3) is 0 Å². The van der Waals surface area contributed by atoms with E-state index in [1.54, 1.807) is 31.2 Å². The molecule has 0 fully saturated rings. The third-order valence-corrected chi connectivity index (χ3v) is 2.51. The average molecular weight is 237 g/mol. The van der Waals surface area contributed by atoms with E-state index in [0.717, 1.165) is 5.56 Å². The van der Waals surface area contributed by atoms with Crippen molar-refractivity contribution in [2.45, 2.75) is 25.8 Å². The van der Waals surface area contributed by atoms with Crippen molar-refractivity contribution in [3.63, 3.8) is 0 Å². The van der Waals surface area contributed by atoms with Gasteiger partial charge in [-0.15, -0.1) is 0 Å². The van der Waals surface area contributed by atoms with Crippen molar-refractivity contribution < 1.29 is 14.5 Å². The highest BCUT2D eigenvalue weighted by Gasteiger charge is 2.47. The normalized spacial score (nSPS) is 13.8. The smallest absolute Gasteiger partial charge is 0.384 e. The molecule has 1 aromatic carbocycles. The van der Waals surface area contributed by atoms with E-state index in [2.05, 4.69) is 0 Å². The summed E-state index contributed by atoms with van der Waals surface area (Å²) in [6.45, 7) is 3.05. The Kier molecular flexibility index (Phi) is 4.20. The van der Waals surface area contributed by atoms with Crippen LogP contribution in [0.2, 0.25) is 0 Å². The molecule has 0 aromatic heterocycles. The van der Waals surface area contributed by atoms with E-state index in [4.69, 9.17) is 4.74 Å². The van der Waals surface area contributed by atoms with Gasteiger partial charge < -0.3 is 4.74 Å². The Balaban J connectivity index is 2.93. The van der Waals surface area contributed by atoms with Crippen LogP contribution in [0, 0.1) is 10.1 Å². The maximum absolute atomic E-state index is 11.6. The first-order valence-corrected chi connectivity index (χ1v) is 5.36.